The van der Waals surface area contributed by atoms with Crippen molar-refractivity contribution < 1.29 is 8.42 Å². The van der Waals surface area contributed by atoms with E-state index in [1.165, 1.54) is 12.8 Å². The highest BCUT2D eigenvalue weighted by atomic mass is 32.2. The summed E-state index contributed by atoms with van der Waals surface area (Å²) < 4.78 is 25.4. The zero-order chi connectivity index (χ0) is 13.9. The minimum atomic E-state index is -3.22. The molecule has 6 heteroatoms. The van der Waals surface area contributed by atoms with Gasteiger partial charge in [0.1, 0.15) is 5.82 Å². The van der Waals surface area contributed by atoms with Crippen molar-refractivity contribution in [1.82, 2.24) is 4.98 Å². The van der Waals surface area contributed by atoms with Crippen LogP contribution in [0.15, 0.2) is 18.3 Å². The van der Waals surface area contributed by atoms with Crippen LogP contribution in [0.2, 0.25) is 0 Å². The zero-order valence-electron chi connectivity index (χ0n) is 11.5. The molecular weight excluding hydrogens is 262 g/mol. The number of nitrogens with one attached hydrogen (secondary N) is 1. The predicted molar refractivity (Wildman–Crippen MR) is 77.9 cm³/mol. The van der Waals surface area contributed by atoms with Crippen LogP contribution in [0.1, 0.15) is 26.7 Å². The molecule has 2 rings (SSSR count). The molecule has 0 amide bonds. The summed E-state index contributed by atoms with van der Waals surface area (Å²) in [7, 11) is -3.22. The summed E-state index contributed by atoms with van der Waals surface area (Å²) in [4.78, 5) is 6.59. The number of hydrogen-bond donors (Lipinski definition) is 1. The number of aromatic nitrogens is 1. The first-order valence-corrected chi connectivity index (χ1v) is 8.37. The van der Waals surface area contributed by atoms with Crippen molar-refractivity contribution in [3.63, 3.8) is 0 Å². The molecule has 0 unspecified atom stereocenters. The van der Waals surface area contributed by atoms with E-state index >= 15 is 0 Å². The van der Waals surface area contributed by atoms with Crippen LogP contribution >= 0.6 is 0 Å². The Morgan fingerprint density at radius 1 is 1.37 bits per heavy atom. The van der Waals surface area contributed by atoms with E-state index in [-0.39, 0.29) is 5.75 Å². The maximum atomic E-state index is 11.4. The smallest absolute Gasteiger partial charge is 0.232 e. The number of anilines is 2. The van der Waals surface area contributed by atoms with Gasteiger partial charge in [0.2, 0.25) is 10.0 Å². The van der Waals surface area contributed by atoms with Crippen molar-refractivity contribution >= 4 is 21.5 Å². The molecular formula is C13H21N3O2S. The summed E-state index contributed by atoms with van der Waals surface area (Å²) in [5.41, 5.74) is 0.524. The van der Waals surface area contributed by atoms with Crippen LogP contribution in [0.4, 0.5) is 11.5 Å². The number of pyridine rings is 1. The van der Waals surface area contributed by atoms with Gasteiger partial charge in [0.25, 0.3) is 0 Å². The van der Waals surface area contributed by atoms with Crippen LogP contribution in [-0.4, -0.2) is 32.2 Å². The van der Waals surface area contributed by atoms with Crippen LogP contribution in [0.25, 0.3) is 0 Å². The second kappa shape index (κ2) is 5.77. The topological polar surface area (TPSA) is 62.3 Å². The molecule has 1 aliphatic heterocycles. The van der Waals surface area contributed by atoms with E-state index in [1.54, 1.807) is 19.2 Å². The lowest BCUT2D eigenvalue weighted by Gasteiger charge is -2.31. The molecule has 0 atom stereocenters. The number of nitrogens with zero attached hydrogens (tertiary/aromatic N) is 2. The molecule has 0 aromatic carbocycles. The summed E-state index contributed by atoms with van der Waals surface area (Å²) in [6, 6.07) is 3.65. The minimum absolute atomic E-state index is 0.0682. The molecule has 106 valence electrons. The van der Waals surface area contributed by atoms with E-state index in [2.05, 4.69) is 21.5 Å². The molecule has 5 nitrogen and oxygen atoms in total. The van der Waals surface area contributed by atoms with E-state index in [4.69, 9.17) is 0 Å². The molecule has 19 heavy (non-hydrogen) atoms. The third kappa shape index (κ3) is 3.83. The molecule has 1 aromatic heterocycles. The molecule has 1 aromatic rings. The fourth-order valence-corrected chi connectivity index (χ4v) is 2.75. The first-order valence-electron chi connectivity index (χ1n) is 6.71. The second-order valence-electron chi connectivity index (χ2n) is 5.08. The Balaban J connectivity index is 2.02. The minimum Gasteiger partial charge on any atom is -0.357 e. The van der Waals surface area contributed by atoms with Crippen molar-refractivity contribution in [2.24, 2.45) is 5.92 Å². The summed E-state index contributed by atoms with van der Waals surface area (Å²) >= 11 is 0. The first-order chi connectivity index (χ1) is 9.00. The summed E-state index contributed by atoms with van der Waals surface area (Å²) in [5.74, 6) is 1.77. The van der Waals surface area contributed by atoms with Gasteiger partial charge in [0.15, 0.2) is 0 Å². The fraction of sp³-hybridized carbons (Fsp3) is 0.615. The highest BCUT2D eigenvalue weighted by Gasteiger charge is 2.17. The fourth-order valence-electron chi connectivity index (χ4n) is 2.12. The van der Waals surface area contributed by atoms with Crippen molar-refractivity contribution in [3.05, 3.63) is 18.3 Å². The average Bonchev–Trinajstić information content (AvgIpc) is 2.40. The van der Waals surface area contributed by atoms with Gasteiger partial charge in [-0.25, -0.2) is 13.4 Å². The van der Waals surface area contributed by atoms with Gasteiger partial charge in [-0.05, 0) is 37.8 Å². The normalized spacial score (nSPS) is 17.5. The van der Waals surface area contributed by atoms with E-state index < -0.39 is 10.0 Å². The van der Waals surface area contributed by atoms with Crippen molar-refractivity contribution in [2.75, 3.05) is 28.5 Å². The van der Waals surface area contributed by atoms with E-state index in [1.807, 2.05) is 6.07 Å². The number of sulfonamides is 1. The van der Waals surface area contributed by atoms with E-state index in [0.29, 0.717) is 5.69 Å². The van der Waals surface area contributed by atoms with Gasteiger partial charge < -0.3 is 4.90 Å². The Morgan fingerprint density at radius 3 is 2.58 bits per heavy atom. The van der Waals surface area contributed by atoms with Gasteiger partial charge >= 0.3 is 0 Å². The Morgan fingerprint density at radius 2 is 2.05 bits per heavy atom. The van der Waals surface area contributed by atoms with Crippen molar-refractivity contribution in [3.8, 4) is 0 Å². The van der Waals surface area contributed by atoms with Crippen LogP contribution < -0.4 is 9.62 Å². The van der Waals surface area contributed by atoms with Gasteiger partial charge in [-0.2, -0.15) is 0 Å². The highest BCUT2D eigenvalue weighted by Crippen LogP contribution is 2.22. The molecule has 0 saturated carbocycles. The van der Waals surface area contributed by atoms with Crippen molar-refractivity contribution in [2.45, 2.75) is 26.7 Å². The lowest BCUT2D eigenvalue weighted by Crippen LogP contribution is -2.33. The lowest BCUT2D eigenvalue weighted by atomic mass is 9.99. The maximum absolute atomic E-state index is 11.4. The zero-order valence-corrected chi connectivity index (χ0v) is 12.3. The Hall–Kier alpha value is -1.30. The average molecular weight is 283 g/mol. The maximum Gasteiger partial charge on any atom is 0.232 e. The largest absolute Gasteiger partial charge is 0.357 e. The molecule has 0 bridgehead atoms. The van der Waals surface area contributed by atoms with Gasteiger partial charge in [0, 0.05) is 13.1 Å². The standard InChI is InChI=1S/C13H21N3O2S/c1-3-19(17,18)15-12-4-5-13(14-10-12)16-8-6-11(2)7-9-16/h4-5,10-11,15H,3,6-9H2,1-2H3. The van der Waals surface area contributed by atoms with E-state index in [9.17, 15) is 8.42 Å². The number of rotatable bonds is 4. The molecule has 0 radical (unpaired) electrons. The Bertz CT molecular complexity index is 505. The Labute approximate surface area is 115 Å². The first kappa shape index (κ1) is 14.1. The summed E-state index contributed by atoms with van der Waals surface area (Å²) in [6.45, 7) is 5.93. The SMILES string of the molecule is CCS(=O)(=O)Nc1ccc(N2CCC(C)CC2)nc1. The Kier molecular flexibility index (Phi) is 4.29. The molecule has 0 aliphatic carbocycles. The molecule has 2 heterocycles. The quantitative estimate of drug-likeness (QED) is 0.919. The summed E-state index contributed by atoms with van der Waals surface area (Å²) in [5, 5.41) is 0. The molecule has 1 saturated heterocycles. The summed E-state index contributed by atoms with van der Waals surface area (Å²) in [6.07, 6.45) is 3.96. The number of hydrogen-bond acceptors (Lipinski definition) is 4. The molecule has 1 N–H and O–H groups in total. The van der Waals surface area contributed by atoms with Crippen LogP contribution in [-0.2, 0) is 10.0 Å². The number of piperidine rings is 1. The second-order valence-corrected chi connectivity index (χ2v) is 7.09. The third-order valence-corrected chi connectivity index (χ3v) is 4.82. The monoisotopic (exact) mass is 283 g/mol. The third-order valence-electron chi connectivity index (χ3n) is 3.51. The molecule has 1 fully saturated rings. The van der Waals surface area contributed by atoms with Crippen LogP contribution in [0.3, 0.4) is 0 Å². The van der Waals surface area contributed by atoms with Gasteiger partial charge in [-0.3, -0.25) is 4.72 Å². The molecule has 1 aliphatic rings. The van der Waals surface area contributed by atoms with Crippen LogP contribution in [0.5, 0.6) is 0 Å². The molecule has 0 spiro atoms. The highest BCUT2D eigenvalue weighted by molar-refractivity contribution is 7.92. The predicted octanol–water partition coefficient (Wildman–Crippen LogP) is 2.08. The van der Waals surface area contributed by atoms with Crippen molar-refractivity contribution in [1.29, 1.82) is 0 Å². The van der Waals surface area contributed by atoms with E-state index in [0.717, 1.165) is 24.8 Å². The van der Waals surface area contributed by atoms with Crippen LogP contribution in [0, 0.1) is 5.92 Å². The van der Waals surface area contributed by atoms with Gasteiger partial charge in [-0.15, -0.1) is 0 Å². The lowest BCUT2D eigenvalue weighted by molar-refractivity contribution is 0.436. The van der Waals surface area contributed by atoms with Gasteiger partial charge in [0.05, 0.1) is 17.6 Å². The van der Waals surface area contributed by atoms with Gasteiger partial charge in [-0.1, -0.05) is 6.92 Å².